The second kappa shape index (κ2) is 3.48. The third kappa shape index (κ3) is 1.54. The van der Waals surface area contributed by atoms with Crippen LogP contribution in [0.5, 0.6) is 0 Å². The van der Waals surface area contributed by atoms with Gasteiger partial charge in [0.2, 0.25) is 0 Å². The first-order valence-electron chi connectivity index (χ1n) is 4.15. The number of aromatic nitrogens is 1. The van der Waals surface area contributed by atoms with Gasteiger partial charge < -0.3 is 9.73 Å². The van der Waals surface area contributed by atoms with Crippen LogP contribution in [0.3, 0.4) is 0 Å². The van der Waals surface area contributed by atoms with Gasteiger partial charge in [0.15, 0.2) is 5.58 Å². The first kappa shape index (κ1) is 9.30. The number of nitrogens with one attached hydrogen (secondary N) is 2. The fourth-order valence-electron chi connectivity index (χ4n) is 1.29. The molecular formula is C9H9ClN2O2. The van der Waals surface area contributed by atoms with Gasteiger partial charge in [-0.15, -0.1) is 11.6 Å². The number of fused-ring (bicyclic) bond motifs is 1. The summed E-state index contributed by atoms with van der Waals surface area (Å²) in [7, 11) is 1.76. The fourth-order valence-corrected chi connectivity index (χ4v) is 1.42. The number of hydrogen-bond acceptors (Lipinski definition) is 3. The van der Waals surface area contributed by atoms with E-state index in [1.54, 1.807) is 19.2 Å². The first-order chi connectivity index (χ1) is 6.70. The molecule has 1 unspecified atom stereocenters. The highest BCUT2D eigenvalue weighted by molar-refractivity contribution is 6.20. The van der Waals surface area contributed by atoms with Gasteiger partial charge in [-0.1, -0.05) is 6.07 Å². The number of oxazole rings is 1. The summed E-state index contributed by atoms with van der Waals surface area (Å²) in [5.74, 6) is -0.451. The van der Waals surface area contributed by atoms with Crippen LogP contribution in [0, 0.1) is 0 Å². The van der Waals surface area contributed by atoms with Crippen molar-refractivity contribution in [2.24, 2.45) is 0 Å². The van der Waals surface area contributed by atoms with E-state index in [0.717, 1.165) is 5.56 Å². The molecule has 0 amide bonds. The predicted octanol–water partition coefficient (Wildman–Crippen LogP) is 1.58. The molecule has 0 aliphatic carbocycles. The molecule has 0 saturated carbocycles. The Morgan fingerprint density at radius 3 is 3.07 bits per heavy atom. The summed E-state index contributed by atoms with van der Waals surface area (Å²) in [6, 6.07) is 5.34. The van der Waals surface area contributed by atoms with Gasteiger partial charge in [0.25, 0.3) is 0 Å². The van der Waals surface area contributed by atoms with Gasteiger partial charge in [0.1, 0.15) is 5.50 Å². The van der Waals surface area contributed by atoms with Crippen LogP contribution in [0.2, 0.25) is 0 Å². The highest BCUT2D eigenvalue weighted by Crippen LogP contribution is 2.20. The second-order valence-electron chi connectivity index (χ2n) is 2.92. The van der Waals surface area contributed by atoms with Gasteiger partial charge in [-0.3, -0.25) is 4.98 Å². The largest absolute Gasteiger partial charge is 0.417 e. The van der Waals surface area contributed by atoms with Crippen LogP contribution in [0.1, 0.15) is 11.1 Å². The molecule has 0 bridgehead atoms. The second-order valence-corrected chi connectivity index (χ2v) is 3.36. The lowest BCUT2D eigenvalue weighted by Gasteiger charge is -2.06. The van der Waals surface area contributed by atoms with Crippen molar-refractivity contribution < 1.29 is 4.42 Å². The Hall–Kier alpha value is -1.26. The highest BCUT2D eigenvalue weighted by atomic mass is 35.5. The Bertz CT molecular complexity index is 503. The van der Waals surface area contributed by atoms with E-state index in [0.29, 0.717) is 11.1 Å². The maximum atomic E-state index is 10.9. The lowest BCUT2D eigenvalue weighted by Crippen LogP contribution is -2.09. The Morgan fingerprint density at radius 1 is 1.57 bits per heavy atom. The number of rotatable bonds is 2. The molecule has 1 atom stereocenters. The van der Waals surface area contributed by atoms with Crippen LogP contribution in [0.15, 0.2) is 27.4 Å². The van der Waals surface area contributed by atoms with Gasteiger partial charge in [-0.2, -0.15) is 0 Å². The van der Waals surface area contributed by atoms with E-state index in [4.69, 9.17) is 16.0 Å². The Labute approximate surface area is 84.9 Å². The van der Waals surface area contributed by atoms with E-state index in [2.05, 4.69) is 10.3 Å². The number of hydrogen-bond donors (Lipinski definition) is 2. The van der Waals surface area contributed by atoms with Crippen molar-refractivity contribution in [3.63, 3.8) is 0 Å². The van der Waals surface area contributed by atoms with E-state index in [9.17, 15) is 4.79 Å². The molecule has 1 heterocycles. The highest BCUT2D eigenvalue weighted by Gasteiger charge is 2.07. The monoisotopic (exact) mass is 212 g/mol. The number of H-pyrrole nitrogens is 1. The summed E-state index contributed by atoms with van der Waals surface area (Å²) in [4.78, 5) is 13.4. The maximum absolute atomic E-state index is 10.9. The standard InChI is InChI=1S/C9H9ClN2O2/c1-11-8(10)5-2-3-6-7(4-5)14-9(13)12-6/h2-4,8,11H,1H3,(H,12,13). The lowest BCUT2D eigenvalue weighted by molar-refractivity contribution is 0.555. The maximum Gasteiger partial charge on any atom is 0.417 e. The van der Waals surface area contributed by atoms with Crippen molar-refractivity contribution >= 4 is 22.7 Å². The van der Waals surface area contributed by atoms with Crippen molar-refractivity contribution in [3.8, 4) is 0 Å². The summed E-state index contributed by atoms with van der Waals surface area (Å²) in [5.41, 5.74) is 1.79. The SMILES string of the molecule is CNC(Cl)c1ccc2[nH]c(=O)oc2c1. The van der Waals surface area contributed by atoms with Gasteiger partial charge in [0, 0.05) is 0 Å². The first-order valence-corrected chi connectivity index (χ1v) is 4.58. The Kier molecular flexibility index (Phi) is 2.31. The van der Waals surface area contributed by atoms with Crippen molar-refractivity contribution in [1.82, 2.24) is 10.3 Å². The quantitative estimate of drug-likeness (QED) is 0.587. The summed E-state index contributed by atoms with van der Waals surface area (Å²) in [6.45, 7) is 0. The predicted molar refractivity (Wildman–Crippen MR) is 54.5 cm³/mol. The Morgan fingerprint density at radius 2 is 2.36 bits per heavy atom. The average Bonchev–Trinajstić information content (AvgIpc) is 2.55. The fraction of sp³-hybridized carbons (Fsp3) is 0.222. The number of aromatic amines is 1. The molecule has 0 saturated heterocycles. The molecule has 2 rings (SSSR count). The van der Waals surface area contributed by atoms with Crippen LogP contribution >= 0.6 is 11.6 Å². The van der Waals surface area contributed by atoms with Crippen molar-refractivity contribution in [1.29, 1.82) is 0 Å². The van der Waals surface area contributed by atoms with Gasteiger partial charge in [-0.05, 0) is 24.7 Å². The molecule has 0 aliphatic rings. The molecule has 0 aliphatic heterocycles. The van der Waals surface area contributed by atoms with Crippen LogP contribution in [-0.4, -0.2) is 12.0 Å². The van der Waals surface area contributed by atoms with E-state index in [1.165, 1.54) is 0 Å². The van der Waals surface area contributed by atoms with Crippen molar-refractivity contribution in [2.45, 2.75) is 5.50 Å². The molecular weight excluding hydrogens is 204 g/mol. The molecule has 0 spiro atoms. The molecule has 74 valence electrons. The Balaban J connectivity index is 2.55. The summed E-state index contributed by atoms with van der Waals surface area (Å²) < 4.78 is 4.91. The molecule has 0 radical (unpaired) electrons. The minimum atomic E-state index is -0.451. The number of benzene rings is 1. The molecule has 1 aromatic heterocycles. The zero-order valence-electron chi connectivity index (χ0n) is 7.50. The minimum Gasteiger partial charge on any atom is -0.408 e. The normalized spacial score (nSPS) is 13.3. The van der Waals surface area contributed by atoms with Crippen molar-refractivity contribution in [3.05, 3.63) is 34.3 Å². The summed E-state index contributed by atoms with van der Waals surface area (Å²) >= 11 is 5.96. The summed E-state index contributed by atoms with van der Waals surface area (Å²) in [6.07, 6.45) is 0. The van der Waals surface area contributed by atoms with E-state index in [1.807, 2.05) is 6.07 Å². The molecule has 4 nitrogen and oxygen atoms in total. The molecule has 5 heteroatoms. The van der Waals surface area contributed by atoms with Crippen LogP contribution in [-0.2, 0) is 0 Å². The molecule has 14 heavy (non-hydrogen) atoms. The van der Waals surface area contributed by atoms with Gasteiger partial charge >= 0.3 is 5.76 Å². The van der Waals surface area contributed by atoms with Crippen molar-refractivity contribution in [2.75, 3.05) is 7.05 Å². The molecule has 1 aromatic carbocycles. The number of halogens is 1. The third-order valence-electron chi connectivity index (χ3n) is 1.99. The molecule has 2 aromatic rings. The van der Waals surface area contributed by atoms with Gasteiger partial charge in [-0.25, -0.2) is 4.79 Å². The third-order valence-corrected chi connectivity index (χ3v) is 2.46. The topological polar surface area (TPSA) is 58.0 Å². The number of alkyl halides is 1. The van der Waals surface area contributed by atoms with Crippen LogP contribution in [0.4, 0.5) is 0 Å². The van der Waals surface area contributed by atoms with E-state index in [-0.39, 0.29) is 5.50 Å². The minimum absolute atomic E-state index is 0.278. The van der Waals surface area contributed by atoms with Crippen LogP contribution in [0.25, 0.3) is 11.1 Å². The van der Waals surface area contributed by atoms with E-state index >= 15 is 0 Å². The molecule has 0 fully saturated rings. The zero-order chi connectivity index (χ0) is 10.1. The van der Waals surface area contributed by atoms with Crippen LogP contribution < -0.4 is 11.1 Å². The van der Waals surface area contributed by atoms with Gasteiger partial charge in [0.05, 0.1) is 5.52 Å². The lowest BCUT2D eigenvalue weighted by atomic mass is 10.2. The smallest absolute Gasteiger partial charge is 0.408 e. The average molecular weight is 213 g/mol. The zero-order valence-corrected chi connectivity index (χ0v) is 8.26. The molecule has 2 N–H and O–H groups in total. The summed E-state index contributed by atoms with van der Waals surface area (Å²) in [5, 5.41) is 2.89. The van der Waals surface area contributed by atoms with E-state index < -0.39 is 5.76 Å².